The fourth-order valence-corrected chi connectivity index (χ4v) is 2.00. The largest absolute Gasteiger partial charge is 0.369 e. The number of aryl methyl sites for hydroxylation is 1. The van der Waals surface area contributed by atoms with Crippen molar-refractivity contribution in [2.75, 3.05) is 0 Å². The molecular weight excluding hydrogens is 208 g/mol. The van der Waals surface area contributed by atoms with Gasteiger partial charge in [-0.3, -0.25) is 4.79 Å². The van der Waals surface area contributed by atoms with Crippen molar-refractivity contribution < 1.29 is 4.79 Å². The molecule has 0 bridgehead atoms. The summed E-state index contributed by atoms with van der Waals surface area (Å²) < 4.78 is 0. The summed E-state index contributed by atoms with van der Waals surface area (Å²) in [7, 11) is 0. The quantitative estimate of drug-likeness (QED) is 0.855. The Labute approximate surface area is 94.7 Å². The Morgan fingerprint density at radius 3 is 2.73 bits per heavy atom. The van der Waals surface area contributed by atoms with Crippen molar-refractivity contribution >= 4 is 17.2 Å². The van der Waals surface area contributed by atoms with E-state index in [1.807, 2.05) is 5.38 Å². The van der Waals surface area contributed by atoms with Gasteiger partial charge in [0.25, 0.3) is 0 Å². The molecule has 0 aromatic carbocycles. The molecule has 0 fully saturated rings. The van der Waals surface area contributed by atoms with Gasteiger partial charge in [0.05, 0.1) is 17.1 Å². The Bertz CT molecular complexity index is 339. The molecule has 15 heavy (non-hydrogen) atoms. The molecule has 0 saturated carbocycles. The van der Waals surface area contributed by atoms with E-state index >= 15 is 0 Å². The van der Waals surface area contributed by atoms with E-state index in [1.54, 1.807) is 11.3 Å². The van der Waals surface area contributed by atoms with Crippen molar-refractivity contribution in [2.45, 2.75) is 40.0 Å². The van der Waals surface area contributed by atoms with Crippen LogP contribution in [0, 0.1) is 5.41 Å². The van der Waals surface area contributed by atoms with Crippen LogP contribution >= 0.6 is 11.3 Å². The van der Waals surface area contributed by atoms with Gasteiger partial charge in [0.15, 0.2) is 0 Å². The second kappa shape index (κ2) is 4.75. The topological polar surface area (TPSA) is 56.0 Å². The maximum Gasteiger partial charge on any atom is 0.223 e. The van der Waals surface area contributed by atoms with Crippen molar-refractivity contribution in [3.05, 3.63) is 16.1 Å². The van der Waals surface area contributed by atoms with Crippen molar-refractivity contribution in [1.82, 2.24) is 4.98 Å². The average molecular weight is 226 g/mol. The summed E-state index contributed by atoms with van der Waals surface area (Å²) in [5.41, 5.74) is 6.23. The highest BCUT2D eigenvalue weighted by atomic mass is 32.1. The Balaban J connectivity index is 2.50. The number of nitrogens with two attached hydrogens (primary N) is 1. The number of aromatic nitrogens is 1. The van der Waals surface area contributed by atoms with E-state index < -0.39 is 0 Å². The van der Waals surface area contributed by atoms with Gasteiger partial charge in [-0.05, 0) is 18.3 Å². The highest BCUT2D eigenvalue weighted by Gasteiger charge is 2.12. The average Bonchev–Trinajstić information content (AvgIpc) is 2.46. The summed E-state index contributed by atoms with van der Waals surface area (Å²) in [6.07, 6.45) is 2.34. The fourth-order valence-electron chi connectivity index (χ4n) is 1.21. The summed E-state index contributed by atoms with van der Waals surface area (Å²) in [6.45, 7) is 6.64. The SMILES string of the molecule is CC(C)(C)CCc1nc(CC(N)=O)cs1. The first-order valence-corrected chi connectivity index (χ1v) is 5.96. The zero-order valence-corrected chi connectivity index (χ0v) is 10.4. The van der Waals surface area contributed by atoms with Gasteiger partial charge >= 0.3 is 0 Å². The second-order valence-electron chi connectivity index (χ2n) is 4.94. The number of nitrogens with zero attached hydrogens (tertiary/aromatic N) is 1. The van der Waals surface area contributed by atoms with Gasteiger partial charge in [-0.1, -0.05) is 20.8 Å². The van der Waals surface area contributed by atoms with Gasteiger partial charge in [0.2, 0.25) is 5.91 Å². The number of thiazole rings is 1. The third kappa shape index (κ3) is 4.93. The first-order valence-electron chi connectivity index (χ1n) is 5.08. The first kappa shape index (κ1) is 12.2. The summed E-state index contributed by atoms with van der Waals surface area (Å²) in [4.78, 5) is 15.1. The van der Waals surface area contributed by atoms with Crippen LogP contribution in [0.15, 0.2) is 5.38 Å². The summed E-state index contributed by atoms with van der Waals surface area (Å²) >= 11 is 1.61. The number of hydrogen-bond acceptors (Lipinski definition) is 3. The number of primary amides is 1. The molecule has 0 radical (unpaired) electrons. The Kier molecular flexibility index (Phi) is 3.85. The van der Waals surface area contributed by atoms with Gasteiger partial charge in [-0.25, -0.2) is 4.98 Å². The van der Waals surface area contributed by atoms with Crippen LogP contribution in [0.5, 0.6) is 0 Å². The Morgan fingerprint density at radius 1 is 1.53 bits per heavy atom. The lowest BCUT2D eigenvalue weighted by molar-refractivity contribution is -0.117. The smallest absolute Gasteiger partial charge is 0.223 e. The zero-order chi connectivity index (χ0) is 11.5. The third-order valence-electron chi connectivity index (χ3n) is 2.04. The van der Waals surface area contributed by atoms with Crippen LogP contribution in [-0.2, 0) is 17.6 Å². The van der Waals surface area contributed by atoms with Gasteiger partial charge in [0, 0.05) is 5.38 Å². The lowest BCUT2D eigenvalue weighted by Crippen LogP contribution is -2.13. The van der Waals surface area contributed by atoms with Gasteiger partial charge < -0.3 is 5.73 Å². The highest BCUT2D eigenvalue weighted by molar-refractivity contribution is 7.09. The molecule has 0 aliphatic carbocycles. The van der Waals surface area contributed by atoms with Gasteiger partial charge in [-0.2, -0.15) is 0 Å². The van der Waals surface area contributed by atoms with Gasteiger partial charge in [0.1, 0.15) is 0 Å². The zero-order valence-electron chi connectivity index (χ0n) is 9.54. The molecule has 3 nitrogen and oxygen atoms in total. The normalized spacial score (nSPS) is 11.7. The number of carbonyl (C=O) groups is 1. The highest BCUT2D eigenvalue weighted by Crippen LogP contribution is 2.22. The van der Waals surface area contributed by atoms with Crippen LogP contribution in [0.2, 0.25) is 0 Å². The minimum atomic E-state index is -0.317. The standard InChI is InChI=1S/C11H18N2OS/c1-11(2,3)5-4-10-13-8(7-15-10)6-9(12)14/h7H,4-6H2,1-3H3,(H2,12,14). The molecule has 0 spiro atoms. The van der Waals surface area contributed by atoms with Crippen LogP contribution < -0.4 is 5.73 Å². The molecule has 1 aromatic heterocycles. The first-order chi connectivity index (χ1) is 6.87. The van der Waals surface area contributed by atoms with Gasteiger partial charge in [-0.15, -0.1) is 11.3 Å². The monoisotopic (exact) mass is 226 g/mol. The molecule has 84 valence electrons. The fraction of sp³-hybridized carbons (Fsp3) is 0.636. The van der Waals surface area contributed by atoms with Crippen molar-refractivity contribution in [1.29, 1.82) is 0 Å². The summed E-state index contributed by atoms with van der Waals surface area (Å²) in [6, 6.07) is 0. The van der Waals surface area contributed by atoms with Crippen molar-refractivity contribution in [3.63, 3.8) is 0 Å². The minimum absolute atomic E-state index is 0.256. The predicted octanol–water partition coefficient (Wildman–Crippen LogP) is 2.15. The molecule has 1 heterocycles. The minimum Gasteiger partial charge on any atom is -0.369 e. The Hall–Kier alpha value is -0.900. The van der Waals surface area contributed by atoms with Crippen LogP contribution in [0.4, 0.5) is 0 Å². The number of amides is 1. The molecule has 1 amide bonds. The molecule has 0 aliphatic heterocycles. The molecular formula is C11H18N2OS. The lowest BCUT2D eigenvalue weighted by atomic mass is 9.91. The third-order valence-corrected chi connectivity index (χ3v) is 3.00. The molecule has 1 aromatic rings. The maximum atomic E-state index is 10.7. The van der Waals surface area contributed by atoms with E-state index in [4.69, 9.17) is 5.73 Å². The van der Waals surface area contributed by atoms with E-state index in [0.717, 1.165) is 23.5 Å². The molecule has 2 N–H and O–H groups in total. The summed E-state index contributed by atoms with van der Waals surface area (Å²) in [5.74, 6) is -0.317. The van der Waals surface area contributed by atoms with Crippen molar-refractivity contribution in [2.24, 2.45) is 11.1 Å². The van der Waals surface area contributed by atoms with Crippen LogP contribution in [0.3, 0.4) is 0 Å². The Morgan fingerprint density at radius 2 is 2.20 bits per heavy atom. The number of carbonyl (C=O) groups excluding carboxylic acids is 1. The van der Waals surface area contributed by atoms with Crippen LogP contribution in [0.1, 0.15) is 37.9 Å². The van der Waals surface area contributed by atoms with E-state index in [9.17, 15) is 4.79 Å². The molecule has 4 heteroatoms. The van der Waals surface area contributed by atoms with E-state index in [1.165, 1.54) is 0 Å². The van der Waals surface area contributed by atoms with Crippen LogP contribution in [-0.4, -0.2) is 10.9 Å². The van der Waals surface area contributed by atoms with E-state index in [-0.39, 0.29) is 12.3 Å². The van der Waals surface area contributed by atoms with E-state index in [0.29, 0.717) is 5.41 Å². The molecule has 0 unspecified atom stereocenters. The molecule has 0 saturated heterocycles. The number of hydrogen-bond donors (Lipinski definition) is 1. The van der Waals surface area contributed by atoms with Crippen molar-refractivity contribution in [3.8, 4) is 0 Å². The van der Waals surface area contributed by atoms with E-state index in [2.05, 4.69) is 25.8 Å². The predicted molar refractivity (Wildman–Crippen MR) is 62.8 cm³/mol. The summed E-state index contributed by atoms with van der Waals surface area (Å²) in [5, 5.41) is 3.02. The molecule has 0 atom stereocenters. The molecule has 1 rings (SSSR count). The second-order valence-corrected chi connectivity index (χ2v) is 5.88. The molecule has 0 aliphatic rings. The lowest BCUT2D eigenvalue weighted by Gasteiger charge is -2.16. The maximum absolute atomic E-state index is 10.7. The van der Waals surface area contributed by atoms with Crippen LogP contribution in [0.25, 0.3) is 0 Å². The number of rotatable bonds is 4.